The minimum absolute atomic E-state index is 0.0426. The molecule has 5 nitrogen and oxygen atoms in total. The van der Waals surface area contributed by atoms with Crippen molar-refractivity contribution in [2.24, 2.45) is 0 Å². The molecule has 5 heteroatoms. The van der Waals surface area contributed by atoms with Gasteiger partial charge in [-0.2, -0.15) is 0 Å². The monoisotopic (exact) mass is 474 g/mol. The molecule has 0 radical (unpaired) electrons. The van der Waals surface area contributed by atoms with Crippen LogP contribution < -0.4 is 0 Å². The highest BCUT2D eigenvalue weighted by Crippen LogP contribution is 2.15. The summed E-state index contributed by atoms with van der Waals surface area (Å²) in [6, 6.07) is 21.6. The van der Waals surface area contributed by atoms with Gasteiger partial charge in [0.25, 0.3) is 5.91 Å². The van der Waals surface area contributed by atoms with Gasteiger partial charge in [-0.05, 0) is 68.0 Å². The molecule has 1 atom stereocenters. The van der Waals surface area contributed by atoms with E-state index in [0.717, 1.165) is 37.9 Å². The van der Waals surface area contributed by atoms with E-state index in [1.165, 1.54) is 11.1 Å². The third kappa shape index (κ3) is 7.84. The van der Waals surface area contributed by atoms with E-state index in [1.54, 1.807) is 16.1 Å². The van der Waals surface area contributed by atoms with Crippen LogP contribution in [0.3, 0.4) is 0 Å². The smallest absolute Gasteiger partial charge is 0.254 e. The molecule has 1 heterocycles. The number of carbonyl (C=O) groups is 2. The molecule has 0 aliphatic carbocycles. The number of hydrogen-bond acceptors (Lipinski definition) is 3. The number of hydrogen-bond donors (Lipinski definition) is 0. The fourth-order valence-corrected chi connectivity index (χ4v) is 4.05. The summed E-state index contributed by atoms with van der Waals surface area (Å²) >= 11 is 0. The third-order valence-electron chi connectivity index (χ3n) is 6.50. The molecule has 186 valence electrons. The summed E-state index contributed by atoms with van der Waals surface area (Å²) in [6.07, 6.45) is 6.42. The first kappa shape index (κ1) is 26.3. The zero-order valence-electron chi connectivity index (χ0n) is 21.3. The van der Waals surface area contributed by atoms with Gasteiger partial charge in [0.05, 0.1) is 12.8 Å². The number of rotatable bonds is 13. The standard InChI is InChI=1S/C30H38N2O3/c1-4-6-11-26-15-17-27(18-16-26)30(34)32(24(3)5-2)23-29(33)31(22-28-14-10-21-35-28)20-19-25-12-8-7-9-13-25/h7-10,12-18,21,24H,4-6,11,19-20,22-23H2,1-3H3/t24-/m1/s1. The first-order valence-corrected chi connectivity index (χ1v) is 12.8. The van der Waals surface area contributed by atoms with Gasteiger partial charge in [-0.1, -0.05) is 62.7 Å². The summed E-state index contributed by atoms with van der Waals surface area (Å²) in [6.45, 7) is 7.20. The van der Waals surface area contributed by atoms with Crippen LogP contribution in [0.15, 0.2) is 77.4 Å². The minimum Gasteiger partial charge on any atom is -0.467 e. The molecule has 0 saturated carbocycles. The average molecular weight is 475 g/mol. The molecule has 0 unspecified atom stereocenters. The molecule has 0 spiro atoms. The fourth-order valence-electron chi connectivity index (χ4n) is 4.05. The number of amides is 2. The molecule has 0 saturated heterocycles. The van der Waals surface area contributed by atoms with Crippen molar-refractivity contribution in [2.75, 3.05) is 13.1 Å². The van der Waals surface area contributed by atoms with Gasteiger partial charge in [0, 0.05) is 18.2 Å². The maximum Gasteiger partial charge on any atom is 0.254 e. The Labute approximate surface area is 209 Å². The Kier molecular flexibility index (Phi) is 10.1. The molecule has 0 bridgehead atoms. The second-order valence-electron chi connectivity index (χ2n) is 9.12. The Morgan fingerprint density at radius 2 is 1.60 bits per heavy atom. The van der Waals surface area contributed by atoms with Crippen molar-refractivity contribution in [1.82, 2.24) is 9.80 Å². The van der Waals surface area contributed by atoms with Crippen LogP contribution in [0, 0.1) is 0 Å². The molecule has 2 aromatic carbocycles. The van der Waals surface area contributed by atoms with Crippen molar-refractivity contribution < 1.29 is 14.0 Å². The van der Waals surface area contributed by atoms with Crippen molar-refractivity contribution in [3.63, 3.8) is 0 Å². The van der Waals surface area contributed by atoms with Crippen molar-refractivity contribution in [2.45, 2.75) is 65.5 Å². The minimum atomic E-state index is -0.101. The maximum atomic E-state index is 13.5. The van der Waals surface area contributed by atoms with E-state index >= 15 is 0 Å². The van der Waals surface area contributed by atoms with Gasteiger partial charge in [-0.25, -0.2) is 0 Å². The van der Waals surface area contributed by atoms with Crippen molar-refractivity contribution in [3.05, 3.63) is 95.4 Å². The van der Waals surface area contributed by atoms with Crippen LogP contribution in [0.1, 0.15) is 67.3 Å². The predicted octanol–water partition coefficient (Wildman–Crippen LogP) is 6.13. The van der Waals surface area contributed by atoms with Gasteiger partial charge in [0.1, 0.15) is 12.3 Å². The number of benzene rings is 2. The zero-order chi connectivity index (χ0) is 25.0. The van der Waals surface area contributed by atoms with Gasteiger partial charge in [-0.15, -0.1) is 0 Å². The number of unbranched alkanes of at least 4 members (excludes halogenated alkanes) is 1. The Morgan fingerprint density at radius 1 is 0.886 bits per heavy atom. The topological polar surface area (TPSA) is 53.8 Å². The Morgan fingerprint density at radius 3 is 2.23 bits per heavy atom. The normalized spacial score (nSPS) is 11.7. The van der Waals surface area contributed by atoms with Gasteiger partial charge in [0.2, 0.25) is 5.91 Å². The predicted molar refractivity (Wildman–Crippen MR) is 140 cm³/mol. The molecule has 2 amide bonds. The van der Waals surface area contributed by atoms with Crippen LogP contribution in [-0.2, 0) is 24.2 Å². The first-order chi connectivity index (χ1) is 17.0. The molecular formula is C30H38N2O3. The Balaban J connectivity index is 1.74. The van der Waals surface area contributed by atoms with Crippen LogP contribution in [-0.4, -0.2) is 40.7 Å². The molecule has 0 fully saturated rings. The summed E-state index contributed by atoms with van der Waals surface area (Å²) < 4.78 is 5.52. The summed E-state index contributed by atoms with van der Waals surface area (Å²) in [7, 11) is 0. The second-order valence-corrected chi connectivity index (χ2v) is 9.12. The third-order valence-corrected chi connectivity index (χ3v) is 6.50. The van der Waals surface area contributed by atoms with Crippen LogP contribution in [0.5, 0.6) is 0 Å². The van der Waals surface area contributed by atoms with E-state index in [1.807, 2.05) is 68.4 Å². The lowest BCUT2D eigenvalue weighted by Gasteiger charge is -2.31. The number of aryl methyl sites for hydroxylation is 1. The molecule has 3 aromatic rings. The van der Waals surface area contributed by atoms with Crippen LogP contribution in [0.2, 0.25) is 0 Å². The highest BCUT2D eigenvalue weighted by Gasteiger charge is 2.26. The van der Waals surface area contributed by atoms with E-state index in [9.17, 15) is 9.59 Å². The molecule has 35 heavy (non-hydrogen) atoms. The van der Waals surface area contributed by atoms with Crippen molar-refractivity contribution in [1.29, 1.82) is 0 Å². The Hall–Kier alpha value is -3.34. The lowest BCUT2D eigenvalue weighted by molar-refractivity contribution is -0.133. The quantitative estimate of drug-likeness (QED) is 0.299. The number of nitrogens with zero attached hydrogens (tertiary/aromatic N) is 2. The number of carbonyl (C=O) groups excluding carboxylic acids is 2. The zero-order valence-corrected chi connectivity index (χ0v) is 21.3. The molecule has 0 aliphatic heterocycles. The van der Waals surface area contributed by atoms with Gasteiger partial charge >= 0.3 is 0 Å². The van der Waals surface area contributed by atoms with Crippen LogP contribution in [0.4, 0.5) is 0 Å². The summed E-state index contributed by atoms with van der Waals surface area (Å²) in [4.78, 5) is 30.5. The van der Waals surface area contributed by atoms with Crippen molar-refractivity contribution in [3.8, 4) is 0 Å². The van der Waals surface area contributed by atoms with E-state index in [4.69, 9.17) is 4.42 Å². The van der Waals surface area contributed by atoms with Crippen LogP contribution in [0.25, 0.3) is 0 Å². The first-order valence-electron chi connectivity index (χ1n) is 12.8. The van der Waals surface area contributed by atoms with E-state index < -0.39 is 0 Å². The molecule has 1 aromatic heterocycles. The fraction of sp³-hybridized carbons (Fsp3) is 0.400. The molecule has 3 rings (SSSR count). The molecule has 0 N–H and O–H groups in total. The van der Waals surface area contributed by atoms with E-state index in [2.05, 4.69) is 19.1 Å². The van der Waals surface area contributed by atoms with Crippen molar-refractivity contribution >= 4 is 11.8 Å². The maximum absolute atomic E-state index is 13.5. The molecule has 0 aliphatic rings. The lowest BCUT2D eigenvalue weighted by atomic mass is 10.0. The summed E-state index contributed by atoms with van der Waals surface area (Å²) in [5, 5.41) is 0. The highest BCUT2D eigenvalue weighted by atomic mass is 16.3. The molecular weight excluding hydrogens is 436 g/mol. The van der Waals surface area contributed by atoms with Gasteiger partial charge in [0.15, 0.2) is 0 Å². The van der Waals surface area contributed by atoms with Gasteiger partial charge < -0.3 is 14.2 Å². The lowest BCUT2D eigenvalue weighted by Crippen LogP contribution is -2.46. The average Bonchev–Trinajstić information content (AvgIpc) is 3.41. The highest BCUT2D eigenvalue weighted by molar-refractivity contribution is 5.96. The summed E-state index contributed by atoms with van der Waals surface area (Å²) in [5.74, 6) is 0.553. The second kappa shape index (κ2) is 13.5. The van der Waals surface area contributed by atoms with Gasteiger partial charge in [-0.3, -0.25) is 9.59 Å². The van der Waals surface area contributed by atoms with E-state index in [0.29, 0.717) is 18.7 Å². The SMILES string of the molecule is CCCCc1ccc(C(=O)N(CC(=O)N(CCc2ccccc2)Cc2ccco2)[C@H](C)CC)cc1. The largest absolute Gasteiger partial charge is 0.467 e. The number of furan rings is 1. The van der Waals surface area contributed by atoms with Crippen LogP contribution >= 0.6 is 0 Å². The summed E-state index contributed by atoms with van der Waals surface area (Å²) in [5.41, 5.74) is 3.03. The Bertz CT molecular complexity index is 1030. The van der Waals surface area contributed by atoms with E-state index in [-0.39, 0.29) is 24.4 Å².